The molecule has 1 fully saturated rings. The van der Waals surface area contributed by atoms with E-state index in [1.807, 2.05) is 22.9 Å². The van der Waals surface area contributed by atoms with Crippen molar-refractivity contribution in [1.29, 1.82) is 0 Å². The van der Waals surface area contributed by atoms with Gasteiger partial charge in [0.1, 0.15) is 5.82 Å². The number of rotatable bonds is 7. The molecule has 1 atom stereocenters. The highest BCUT2D eigenvalue weighted by molar-refractivity contribution is 5.82. The molecule has 4 rings (SSSR count). The van der Waals surface area contributed by atoms with Gasteiger partial charge in [-0.25, -0.2) is 14.6 Å². The first-order valence-electron chi connectivity index (χ1n) is 9.33. The number of anilines is 1. The van der Waals surface area contributed by atoms with Crippen molar-refractivity contribution in [2.45, 2.75) is 45.3 Å². The second-order valence-electron chi connectivity index (χ2n) is 6.66. The Bertz CT molecular complexity index is 857. The van der Waals surface area contributed by atoms with E-state index >= 15 is 0 Å². The zero-order valence-electron chi connectivity index (χ0n) is 15.1. The highest BCUT2D eigenvalue weighted by Gasteiger charge is 2.18. The summed E-state index contributed by atoms with van der Waals surface area (Å²) in [4.78, 5) is 9.40. The number of hydrogen-bond acceptors (Lipinski definition) is 6. The third-order valence-corrected chi connectivity index (χ3v) is 4.58. The molecule has 2 aromatic heterocycles. The minimum atomic E-state index is 0.244. The van der Waals surface area contributed by atoms with Crippen LogP contribution < -0.4 is 5.32 Å². The normalized spacial score (nSPS) is 17.0. The molecule has 1 saturated heterocycles. The van der Waals surface area contributed by atoms with Gasteiger partial charge in [0.05, 0.1) is 12.6 Å². The quantitative estimate of drug-likeness (QED) is 0.704. The van der Waals surface area contributed by atoms with Crippen LogP contribution in [0, 0.1) is 0 Å². The number of ether oxygens (including phenoxy) is 1. The Hall–Kier alpha value is -2.54. The summed E-state index contributed by atoms with van der Waals surface area (Å²) in [5.74, 6) is 1.58. The van der Waals surface area contributed by atoms with Crippen LogP contribution in [0.1, 0.15) is 37.6 Å². The Labute approximate surface area is 152 Å². The lowest BCUT2D eigenvalue weighted by Gasteiger charge is -2.12. The fourth-order valence-electron chi connectivity index (χ4n) is 3.24. The molecule has 0 radical (unpaired) electrons. The highest BCUT2D eigenvalue weighted by atomic mass is 16.5. The Morgan fingerprint density at radius 2 is 2.12 bits per heavy atom. The fourth-order valence-corrected chi connectivity index (χ4v) is 3.24. The predicted molar refractivity (Wildman–Crippen MR) is 100 cm³/mol. The molecule has 136 valence electrons. The molecule has 0 amide bonds. The van der Waals surface area contributed by atoms with Crippen LogP contribution in [0.3, 0.4) is 0 Å². The summed E-state index contributed by atoms with van der Waals surface area (Å²) in [5, 5.41) is 12.1. The molecule has 0 unspecified atom stereocenters. The number of hydrogen-bond donors (Lipinski definition) is 1. The summed E-state index contributed by atoms with van der Waals surface area (Å²) in [6, 6.07) is 10.2. The van der Waals surface area contributed by atoms with Gasteiger partial charge in [0.15, 0.2) is 17.0 Å². The van der Waals surface area contributed by atoms with Gasteiger partial charge in [0.25, 0.3) is 0 Å². The summed E-state index contributed by atoms with van der Waals surface area (Å²) in [6.07, 6.45) is 4.29. The van der Waals surface area contributed by atoms with E-state index in [1.165, 1.54) is 5.56 Å². The fraction of sp³-hybridized carbons (Fsp3) is 0.474. The predicted octanol–water partition coefficient (Wildman–Crippen LogP) is 2.81. The van der Waals surface area contributed by atoms with Crippen molar-refractivity contribution in [3.8, 4) is 0 Å². The average molecular weight is 352 g/mol. The first kappa shape index (κ1) is 16.9. The average Bonchev–Trinajstić information content (AvgIpc) is 3.31. The lowest BCUT2D eigenvalue weighted by Crippen LogP contribution is -2.19. The molecule has 1 aromatic carbocycles. The molecule has 7 nitrogen and oxygen atoms in total. The van der Waals surface area contributed by atoms with Gasteiger partial charge in [-0.1, -0.05) is 42.5 Å². The third kappa shape index (κ3) is 3.67. The van der Waals surface area contributed by atoms with Crippen molar-refractivity contribution < 1.29 is 4.74 Å². The maximum atomic E-state index is 5.70. The number of nitrogens with one attached hydrogen (secondary N) is 1. The Morgan fingerprint density at radius 1 is 1.23 bits per heavy atom. The molecule has 1 N–H and O–H groups in total. The van der Waals surface area contributed by atoms with Crippen molar-refractivity contribution in [2.24, 2.45) is 0 Å². The van der Waals surface area contributed by atoms with Crippen LogP contribution in [0.5, 0.6) is 0 Å². The molecule has 7 heteroatoms. The number of benzene rings is 1. The van der Waals surface area contributed by atoms with E-state index in [1.54, 1.807) is 0 Å². The Balaban J connectivity index is 1.64. The van der Waals surface area contributed by atoms with E-state index in [4.69, 9.17) is 9.72 Å². The highest BCUT2D eigenvalue weighted by Crippen LogP contribution is 2.20. The maximum Gasteiger partial charge on any atom is 0.184 e. The molecule has 3 aromatic rings. The molecule has 1 aliphatic heterocycles. The molecule has 0 saturated carbocycles. The summed E-state index contributed by atoms with van der Waals surface area (Å²) < 4.78 is 7.55. The smallest absolute Gasteiger partial charge is 0.184 e. The van der Waals surface area contributed by atoms with Crippen LogP contribution in [-0.2, 0) is 17.7 Å². The lowest BCUT2D eigenvalue weighted by atomic mass is 10.2. The summed E-state index contributed by atoms with van der Waals surface area (Å²) >= 11 is 0. The van der Waals surface area contributed by atoms with Crippen LogP contribution in [0.15, 0.2) is 30.3 Å². The van der Waals surface area contributed by atoms with Gasteiger partial charge in [0, 0.05) is 19.6 Å². The second-order valence-corrected chi connectivity index (χ2v) is 6.66. The second kappa shape index (κ2) is 7.78. The van der Waals surface area contributed by atoms with Crippen molar-refractivity contribution in [3.05, 3.63) is 41.7 Å². The molecular formula is C19H24N6O. The largest absolute Gasteiger partial charge is 0.376 e. The molecular weight excluding hydrogens is 328 g/mol. The minimum Gasteiger partial charge on any atom is -0.376 e. The van der Waals surface area contributed by atoms with Gasteiger partial charge in [0.2, 0.25) is 0 Å². The van der Waals surface area contributed by atoms with Crippen molar-refractivity contribution in [1.82, 2.24) is 25.0 Å². The monoisotopic (exact) mass is 352 g/mol. The van der Waals surface area contributed by atoms with Gasteiger partial charge in [-0.15, -0.1) is 5.10 Å². The zero-order valence-corrected chi connectivity index (χ0v) is 15.1. The molecule has 1 aliphatic rings. The van der Waals surface area contributed by atoms with Gasteiger partial charge in [-0.3, -0.25) is 0 Å². The topological polar surface area (TPSA) is 77.8 Å². The third-order valence-electron chi connectivity index (χ3n) is 4.58. The Morgan fingerprint density at radius 3 is 2.88 bits per heavy atom. The number of aromatic nitrogens is 5. The van der Waals surface area contributed by atoms with E-state index in [-0.39, 0.29) is 6.10 Å². The van der Waals surface area contributed by atoms with Crippen LogP contribution in [0.2, 0.25) is 0 Å². The minimum absolute atomic E-state index is 0.244. The van der Waals surface area contributed by atoms with Gasteiger partial charge < -0.3 is 10.1 Å². The van der Waals surface area contributed by atoms with Crippen molar-refractivity contribution in [2.75, 3.05) is 18.5 Å². The molecule has 3 heterocycles. The number of aryl methyl sites for hydroxylation is 1. The van der Waals surface area contributed by atoms with Crippen molar-refractivity contribution >= 4 is 17.0 Å². The first-order valence-corrected chi connectivity index (χ1v) is 9.33. The molecule has 0 aliphatic carbocycles. The van der Waals surface area contributed by atoms with E-state index in [0.717, 1.165) is 61.6 Å². The zero-order chi connectivity index (χ0) is 17.8. The number of fused-ring (bicyclic) bond motifs is 1. The van der Waals surface area contributed by atoms with Gasteiger partial charge >= 0.3 is 0 Å². The molecule has 0 spiro atoms. The molecule has 0 bridgehead atoms. The van der Waals surface area contributed by atoms with E-state index in [2.05, 4.69) is 39.7 Å². The molecule has 26 heavy (non-hydrogen) atoms. The van der Waals surface area contributed by atoms with Crippen LogP contribution in [0.25, 0.3) is 11.2 Å². The number of nitrogens with zero attached hydrogens (tertiary/aromatic N) is 5. The van der Waals surface area contributed by atoms with E-state index in [0.29, 0.717) is 6.54 Å². The Kier molecular flexibility index (Phi) is 5.06. The summed E-state index contributed by atoms with van der Waals surface area (Å²) in [5.41, 5.74) is 2.67. The summed E-state index contributed by atoms with van der Waals surface area (Å²) in [7, 11) is 0. The maximum absolute atomic E-state index is 5.70. The van der Waals surface area contributed by atoms with Crippen molar-refractivity contribution in [3.63, 3.8) is 0 Å². The van der Waals surface area contributed by atoms with E-state index < -0.39 is 0 Å². The van der Waals surface area contributed by atoms with Gasteiger partial charge in [-0.2, -0.15) is 0 Å². The van der Waals surface area contributed by atoms with E-state index in [9.17, 15) is 0 Å². The standard InChI is InChI=1S/C19H24N6O/c1-2-7-16-21-18(20-12-15-10-6-11-26-15)17-19(22-16)25(24-23-17)13-14-8-4-3-5-9-14/h3-5,8-9,15H,2,6-7,10-13H2,1H3,(H,20,21,22)/t15-/m0/s1. The van der Waals surface area contributed by atoms with Crippen LogP contribution in [0.4, 0.5) is 5.82 Å². The lowest BCUT2D eigenvalue weighted by molar-refractivity contribution is 0.120. The van der Waals surface area contributed by atoms with Crippen LogP contribution >= 0.6 is 0 Å². The first-order chi connectivity index (χ1) is 12.8. The van der Waals surface area contributed by atoms with Gasteiger partial charge in [-0.05, 0) is 24.8 Å². The summed E-state index contributed by atoms with van der Waals surface area (Å²) in [6.45, 7) is 4.36. The van der Waals surface area contributed by atoms with Crippen LogP contribution in [-0.4, -0.2) is 44.2 Å². The SMILES string of the molecule is CCCc1nc(NC[C@@H]2CCCO2)c2nnn(Cc3ccccc3)c2n1.